The molecular weight excluding hydrogens is 322 g/mol. The van der Waals surface area contributed by atoms with E-state index in [4.69, 9.17) is 9.72 Å². The Kier molecular flexibility index (Phi) is 3.79. The van der Waals surface area contributed by atoms with E-state index in [-0.39, 0.29) is 0 Å². The van der Waals surface area contributed by atoms with Crippen LogP contribution in [0.5, 0.6) is 5.75 Å². The number of aromatic nitrogens is 2. The van der Waals surface area contributed by atoms with E-state index in [1.54, 1.807) is 0 Å². The smallest absolute Gasteiger partial charge is 0.122 e. The lowest BCUT2D eigenvalue weighted by Gasteiger charge is -2.34. The quantitative estimate of drug-likeness (QED) is 0.717. The van der Waals surface area contributed by atoms with Crippen molar-refractivity contribution in [1.82, 2.24) is 14.5 Å². The third-order valence-electron chi connectivity index (χ3n) is 5.72. The minimum Gasteiger partial charge on any atom is -0.493 e. The van der Waals surface area contributed by atoms with Crippen molar-refractivity contribution in [3.05, 3.63) is 71.7 Å². The molecule has 2 aromatic carbocycles. The normalized spacial score (nSPS) is 17.4. The van der Waals surface area contributed by atoms with Crippen LogP contribution >= 0.6 is 0 Å². The molecule has 0 saturated carbocycles. The summed E-state index contributed by atoms with van der Waals surface area (Å²) in [5.74, 6) is 1.07. The van der Waals surface area contributed by atoms with Crippen LogP contribution in [0, 0.1) is 0 Å². The van der Waals surface area contributed by atoms with Gasteiger partial charge in [-0.15, -0.1) is 0 Å². The molecule has 26 heavy (non-hydrogen) atoms. The Hall–Kier alpha value is -2.59. The summed E-state index contributed by atoms with van der Waals surface area (Å²) in [6.45, 7) is 6.06. The molecule has 5 rings (SSSR count). The first kappa shape index (κ1) is 15.6. The summed E-state index contributed by atoms with van der Waals surface area (Å²) in [6, 6.07) is 17.6. The Balaban J connectivity index is 1.42. The number of hydrogen-bond acceptors (Lipinski definition) is 3. The molecule has 0 aliphatic carbocycles. The summed E-state index contributed by atoms with van der Waals surface area (Å²) in [5.41, 5.74) is 6.29. The Morgan fingerprint density at radius 2 is 1.96 bits per heavy atom. The molecule has 4 heteroatoms. The van der Waals surface area contributed by atoms with Crippen molar-refractivity contribution in [2.45, 2.75) is 32.5 Å². The van der Waals surface area contributed by atoms with Crippen molar-refractivity contribution in [2.24, 2.45) is 0 Å². The highest BCUT2D eigenvalue weighted by Gasteiger charge is 2.26. The van der Waals surface area contributed by atoms with Gasteiger partial charge in [0.05, 0.1) is 24.3 Å². The zero-order valence-electron chi connectivity index (χ0n) is 15.1. The first-order valence-electron chi connectivity index (χ1n) is 9.39. The van der Waals surface area contributed by atoms with Gasteiger partial charge in [0.2, 0.25) is 0 Å². The van der Waals surface area contributed by atoms with Crippen LogP contribution in [-0.4, -0.2) is 27.6 Å². The van der Waals surface area contributed by atoms with Crippen molar-refractivity contribution < 1.29 is 4.74 Å². The highest BCUT2D eigenvalue weighted by Crippen LogP contribution is 2.33. The Labute approximate surface area is 154 Å². The number of hydrogen-bond donors (Lipinski definition) is 0. The molecule has 1 atom stereocenters. The van der Waals surface area contributed by atoms with E-state index < -0.39 is 0 Å². The molecule has 1 unspecified atom stereocenters. The zero-order valence-corrected chi connectivity index (χ0v) is 15.1. The first-order valence-corrected chi connectivity index (χ1v) is 9.39. The van der Waals surface area contributed by atoms with Gasteiger partial charge in [0.25, 0.3) is 0 Å². The van der Waals surface area contributed by atoms with Crippen LogP contribution in [0.25, 0.3) is 11.3 Å². The number of rotatable bonds is 3. The van der Waals surface area contributed by atoms with Crippen molar-refractivity contribution in [3.63, 3.8) is 0 Å². The summed E-state index contributed by atoms with van der Waals surface area (Å²) in [7, 11) is 0. The predicted octanol–water partition coefficient (Wildman–Crippen LogP) is 4.06. The van der Waals surface area contributed by atoms with E-state index in [1.807, 2.05) is 6.33 Å². The number of benzene rings is 2. The van der Waals surface area contributed by atoms with E-state index >= 15 is 0 Å². The van der Waals surface area contributed by atoms with Gasteiger partial charge in [-0.3, -0.25) is 4.90 Å². The molecule has 132 valence electrons. The van der Waals surface area contributed by atoms with Crippen molar-refractivity contribution in [1.29, 1.82) is 0 Å². The molecule has 0 amide bonds. The molecule has 0 bridgehead atoms. The molecule has 0 fully saturated rings. The van der Waals surface area contributed by atoms with Gasteiger partial charge in [-0.25, -0.2) is 4.98 Å². The number of nitrogens with zero attached hydrogens (tertiary/aromatic N) is 3. The topological polar surface area (TPSA) is 30.3 Å². The second-order valence-corrected chi connectivity index (χ2v) is 7.21. The van der Waals surface area contributed by atoms with Gasteiger partial charge < -0.3 is 9.30 Å². The molecule has 1 aromatic heterocycles. The Bertz CT molecular complexity index is 932. The van der Waals surface area contributed by atoms with E-state index in [0.29, 0.717) is 6.04 Å². The molecule has 0 saturated heterocycles. The molecule has 3 aromatic rings. The van der Waals surface area contributed by atoms with Gasteiger partial charge in [0.1, 0.15) is 5.75 Å². The maximum atomic E-state index is 5.76. The minimum atomic E-state index is 0.358. The number of imidazole rings is 1. The largest absolute Gasteiger partial charge is 0.493 e. The van der Waals surface area contributed by atoms with E-state index in [1.165, 1.54) is 22.4 Å². The minimum absolute atomic E-state index is 0.358. The number of fused-ring (bicyclic) bond motifs is 2. The fraction of sp³-hybridized carbons (Fsp3) is 0.318. The Morgan fingerprint density at radius 1 is 1.08 bits per heavy atom. The highest BCUT2D eigenvalue weighted by atomic mass is 16.5. The number of ether oxygens (including phenoxy) is 1. The van der Waals surface area contributed by atoms with Crippen molar-refractivity contribution in [2.75, 3.05) is 13.2 Å². The van der Waals surface area contributed by atoms with E-state index in [0.717, 1.165) is 44.1 Å². The SMILES string of the molecule is CC(c1ccc2c(c1)OCC2)N1CCn2cnc(-c3ccccc3)c2C1. The van der Waals surface area contributed by atoms with Gasteiger partial charge >= 0.3 is 0 Å². The third-order valence-corrected chi connectivity index (χ3v) is 5.72. The average molecular weight is 345 g/mol. The predicted molar refractivity (Wildman–Crippen MR) is 102 cm³/mol. The summed E-state index contributed by atoms with van der Waals surface area (Å²) < 4.78 is 8.07. The van der Waals surface area contributed by atoms with E-state index in [2.05, 4.69) is 64.9 Å². The lowest BCUT2D eigenvalue weighted by Crippen LogP contribution is -2.35. The first-order chi connectivity index (χ1) is 12.8. The third kappa shape index (κ3) is 2.61. The van der Waals surface area contributed by atoms with Gasteiger partial charge in [0, 0.05) is 37.7 Å². The molecule has 2 aliphatic rings. The van der Waals surface area contributed by atoms with Crippen molar-refractivity contribution in [3.8, 4) is 17.0 Å². The van der Waals surface area contributed by atoms with E-state index in [9.17, 15) is 0 Å². The summed E-state index contributed by atoms with van der Waals surface area (Å²) in [5, 5.41) is 0. The van der Waals surface area contributed by atoms with Gasteiger partial charge in [0.15, 0.2) is 0 Å². The standard InChI is InChI=1S/C22H23N3O/c1-16(19-8-7-17-9-12-26-21(17)13-19)24-10-11-25-15-23-22(20(25)14-24)18-5-3-2-4-6-18/h2-8,13,15-16H,9-12,14H2,1H3. The monoisotopic (exact) mass is 345 g/mol. The molecule has 0 spiro atoms. The maximum Gasteiger partial charge on any atom is 0.122 e. The Morgan fingerprint density at radius 3 is 2.85 bits per heavy atom. The average Bonchev–Trinajstić information content (AvgIpc) is 3.33. The highest BCUT2D eigenvalue weighted by molar-refractivity contribution is 5.62. The fourth-order valence-electron chi connectivity index (χ4n) is 4.10. The van der Waals surface area contributed by atoms with Crippen LogP contribution in [0.1, 0.15) is 29.8 Å². The maximum absolute atomic E-state index is 5.76. The van der Waals surface area contributed by atoms with Gasteiger partial charge in [-0.05, 0) is 24.1 Å². The second-order valence-electron chi connectivity index (χ2n) is 7.21. The molecule has 0 radical (unpaired) electrons. The molecule has 3 heterocycles. The van der Waals surface area contributed by atoms with Gasteiger partial charge in [-0.2, -0.15) is 0 Å². The van der Waals surface area contributed by atoms with Crippen LogP contribution < -0.4 is 4.74 Å². The summed E-state index contributed by atoms with van der Waals surface area (Å²) >= 11 is 0. The van der Waals surface area contributed by atoms with Gasteiger partial charge in [-0.1, -0.05) is 42.5 Å². The van der Waals surface area contributed by atoms with Crippen LogP contribution in [0.15, 0.2) is 54.9 Å². The molecule has 2 aliphatic heterocycles. The summed E-state index contributed by atoms with van der Waals surface area (Å²) in [6.07, 6.45) is 3.02. The fourth-order valence-corrected chi connectivity index (χ4v) is 4.10. The molecule has 4 nitrogen and oxygen atoms in total. The lowest BCUT2D eigenvalue weighted by molar-refractivity contribution is 0.167. The zero-order chi connectivity index (χ0) is 17.5. The lowest BCUT2D eigenvalue weighted by atomic mass is 10.0. The van der Waals surface area contributed by atoms with Crippen LogP contribution in [0.2, 0.25) is 0 Å². The van der Waals surface area contributed by atoms with Crippen LogP contribution in [-0.2, 0) is 19.5 Å². The second kappa shape index (κ2) is 6.29. The molecule has 0 N–H and O–H groups in total. The summed E-state index contributed by atoms with van der Waals surface area (Å²) in [4.78, 5) is 7.24. The van der Waals surface area contributed by atoms with Crippen LogP contribution in [0.3, 0.4) is 0 Å². The molecular formula is C22H23N3O. The van der Waals surface area contributed by atoms with Crippen molar-refractivity contribution >= 4 is 0 Å². The van der Waals surface area contributed by atoms with Crippen LogP contribution in [0.4, 0.5) is 0 Å².